The average molecular weight is 302 g/mol. The second-order valence-corrected chi connectivity index (χ2v) is 5.27. The van der Waals surface area contributed by atoms with Gasteiger partial charge in [0.25, 0.3) is 0 Å². The molecule has 1 aromatic rings. The molecule has 2 unspecified atom stereocenters. The molecule has 0 bridgehead atoms. The summed E-state index contributed by atoms with van der Waals surface area (Å²) in [7, 11) is 0. The summed E-state index contributed by atoms with van der Waals surface area (Å²) in [6.45, 7) is 4.31. The monoisotopic (exact) mass is 302 g/mol. The van der Waals surface area contributed by atoms with E-state index in [1.807, 2.05) is 6.92 Å². The predicted molar refractivity (Wildman–Crippen MR) is 74.8 cm³/mol. The predicted octanol–water partition coefficient (Wildman–Crippen LogP) is 2.82. The Labute approximate surface area is 122 Å². The van der Waals surface area contributed by atoms with Gasteiger partial charge in [0, 0.05) is 25.7 Å². The summed E-state index contributed by atoms with van der Waals surface area (Å²) in [5.41, 5.74) is 5.81. The van der Waals surface area contributed by atoms with E-state index in [1.165, 1.54) is 12.1 Å². The first-order valence-electron chi connectivity index (χ1n) is 7.18. The molecule has 21 heavy (non-hydrogen) atoms. The van der Waals surface area contributed by atoms with E-state index in [2.05, 4.69) is 4.90 Å². The molecule has 2 rings (SSSR count). The van der Waals surface area contributed by atoms with Crippen molar-refractivity contribution >= 4 is 0 Å². The van der Waals surface area contributed by atoms with Crippen molar-refractivity contribution in [3.63, 3.8) is 0 Å². The lowest BCUT2D eigenvalue weighted by Gasteiger charge is -2.38. The Morgan fingerprint density at radius 2 is 2.19 bits per heavy atom. The maximum Gasteiger partial charge on any atom is 0.416 e. The maximum atomic E-state index is 12.8. The Bertz CT molecular complexity index is 464. The zero-order chi connectivity index (χ0) is 15.5. The molecule has 0 radical (unpaired) electrons. The number of benzene rings is 1. The quantitative estimate of drug-likeness (QED) is 0.929. The van der Waals surface area contributed by atoms with Crippen molar-refractivity contribution in [2.24, 2.45) is 5.73 Å². The highest BCUT2D eigenvalue weighted by molar-refractivity contribution is 5.28. The Hall–Kier alpha value is -1.11. The van der Waals surface area contributed by atoms with Gasteiger partial charge in [-0.1, -0.05) is 19.1 Å². The van der Waals surface area contributed by atoms with Crippen LogP contribution in [0.3, 0.4) is 0 Å². The summed E-state index contributed by atoms with van der Waals surface area (Å²) in [4.78, 5) is 2.12. The fourth-order valence-corrected chi connectivity index (χ4v) is 2.69. The Balaban J connectivity index is 2.21. The van der Waals surface area contributed by atoms with Crippen LogP contribution in [0.25, 0.3) is 0 Å². The summed E-state index contributed by atoms with van der Waals surface area (Å²) in [6, 6.07) is 5.24. The van der Waals surface area contributed by atoms with Gasteiger partial charge in [-0.05, 0) is 24.1 Å². The van der Waals surface area contributed by atoms with Crippen LogP contribution in [0.5, 0.6) is 0 Å². The van der Waals surface area contributed by atoms with Crippen LogP contribution in [-0.4, -0.2) is 37.2 Å². The average Bonchev–Trinajstić information content (AvgIpc) is 2.48. The minimum Gasteiger partial charge on any atom is -0.376 e. The number of hydrogen-bond donors (Lipinski definition) is 1. The van der Waals surface area contributed by atoms with Gasteiger partial charge in [-0.15, -0.1) is 0 Å². The molecule has 2 N–H and O–H groups in total. The fraction of sp³-hybridized carbons (Fsp3) is 0.600. The van der Waals surface area contributed by atoms with Crippen LogP contribution < -0.4 is 5.73 Å². The lowest BCUT2D eigenvalue weighted by molar-refractivity contribution is -0.137. The van der Waals surface area contributed by atoms with Crippen LogP contribution in [0.1, 0.15) is 30.5 Å². The number of ether oxygens (including phenoxy) is 1. The first-order valence-corrected chi connectivity index (χ1v) is 7.18. The van der Waals surface area contributed by atoms with Crippen molar-refractivity contribution in [2.45, 2.75) is 31.7 Å². The van der Waals surface area contributed by atoms with E-state index in [-0.39, 0.29) is 18.7 Å². The third kappa shape index (κ3) is 3.96. The zero-order valence-corrected chi connectivity index (χ0v) is 12.1. The minimum absolute atomic E-state index is 0.124. The molecule has 1 aliphatic heterocycles. The van der Waals surface area contributed by atoms with Gasteiger partial charge < -0.3 is 10.5 Å². The van der Waals surface area contributed by atoms with E-state index in [0.29, 0.717) is 25.3 Å². The number of alkyl halides is 3. The smallest absolute Gasteiger partial charge is 0.376 e. The molecule has 0 aromatic heterocycles. The number of halogens is 3. The number of hydrogen-bond acceptors (Lipinski definition) is 3. The van der Waals surface area contributed by atoms with Gasteiger partial charge in [0.1, 0.15) is 0 Å². The molecule has 1 saturated heterocycles. The molecule has 1 aliphatic rings. The molecule has 0 saturated carbocycles. The van der Waals surface area contributed by atoms with Crippen molar-refractivity contribution in [3.05, 3.63) is 35.4 Å². The van der Waals surface area contributed by atoms with Crippen LogP contribution in [0.4, 0.5) is 13.2 Å². The molecule has 1 heterocycles. The summed E-state index contributed by atoms with van der Waals surface area (Å²) < 4.78 is 44.1. The van der Waals surface area contributed by atoms with Crippen molar-refractivity contribution in [1.82, 2.24) is 4.90 Å². The molecule has 2 atom stereocenters. The van der Waals surface area contributed by atoms with Gasteiger partial charge in [0.15, 0.2) is 0 Å². The first kappa shape index (κ1) is 16.3. The zero-order valence-electron chi connectivity index (χ0n) is 12.1. The molecular weight excluding hydrogens is 281 g/mol. The normalized spacial score (nSPS) is 22.2. The second-order valence-electron chi connectivity index (χ2n) is 5.27. The van der Waals surface area contributed by atoms with Gasteiger partial charge in [0.05, 0.1) is 18.3 Å². The lowest BCUT2D eigenvalue weighted by Crippen LogP contribution is -2.46. The molecule has 3 nitrogen and oxygen atoms in total. The third-order valence-corrected chi connectivity index (χ3v) is 3.89. The molecule has 6 heteroatoms. The highest BCUT2D eigenvalue weighted by Gasteiger charge is 2.32. The SMILES string of the molecule is CCC1CN(C(CN)c2cccc(C(F)(F)F)c2)CCO1. The summed E-state index contributed by atoms with van der Waals surface area (Å²) in [5.74, 6) is 0. The Morgan fingerprint density at radius 3 is 2.81 bits per heavy atom. The van der Waals surface area contributed by atoms with Crippen LogP contribution in [0.2, 0.25) is 0 Å². The standard InChI is InChI=1S/C15H21F3N2O/c1-2-13-10-20(6-7-21-13)14(9-19)11-4-3-5-12(8-11)15(16,17)18/h3-5,8,13-14H,2,6-7,9-10,19H2,1H3. The number of nitrogens with two attached hydrogens (primary N) is 1. The number of nitrogens with zero attached hydrogens (tertiary/aromatic N) is 1. The van der Waals surface area contributed by atoms with Crippen LogP contribution in [-0.2, 0) is 10.9 Å². The van der Waals surface area contributed by atoms with Crippen LogP contribution in [0, 0.1) is 0 Å². The van der Waals surface area contributed by atoms with Gasteiger partial charge in [-0.2, -0.15) is 13.2 Å². The Kier molecular flexibility index (Phi) is 5.24. The van der Waals surface area contributed by atoms with E-state index in [0.717, 1.165) is 12.5 Å². The minimum atomic E-state index is -4.33. The van der Waals surface area contributed by atoms with Crippen molar-refractivity contribution < 1.29 is 17.9 Å². The second kappa shape index (κ2) is 6.77. The van der Waals surface area contributed by atoms with Gasteiger partial charge >= 0.3 is 6.18 Å². The largest absolute Gasteiger partial charge is 0.416 e. The Morgan fingerprint density at radius 1 is 1.43 bits per heavy atom. The third-order valence-electron chi connectivity index (χ3n) is 3.89. The number of morpholine rings is 1. The fourth-order valence-electron chi connectivity index (χ4n) is 2.69. The van der Waals surface area contributed by atoms with Crippen molar-refractivity contribution in [3.8, 4) is 0 Å². The van der Waals surface area contributed by atoms with Crippen LogP contribution in [0.15, 0.2) is 24.3 Å². The lowest BCUT2D eigenvalue weighted by atomic mass is 10.0. The van der Waals surface area contributed by atoms with Crippen LogP contribution >= 0.6 is 0 Å². The van der Waals surface area contributed by atoms with E-state index < -0.39 is 11.7 Å². The van der Waals surface area contributed by atoms with Gasteiger partial charge in [-0.25, -0.2) is 0 Å². The van der Waals surface area contributed by atoms with E-state index in [4.69, 9.17) is 10.5 Å². The van der Waals surface area contributed by atoms with Crippen molar-refractivity contribution in [1.29, 1.82) is 0 Å². The molecule has 0 spiro atoms. The molecule has 0 aliphatic carbocycles. The van der Waals surface area contributed by atoms with Crippen molar-refractivity contribution in [2.75, 3.05) is 26.2 Å². The molecule has 118 valence electrons. The summed E-state index contributed by atoms with van der Waals surface area (Å²) >= 11 is 0. The van der Waals surface area contributed by atoms with Gasteiger partial charge in [0.2, 0.25) is 0 Å². The molecule has 0 amide bonds. The topological polar surface area (TPSA) is 38.5 Å². The van der Waals surface area contributed by atoms with E-state index >= 15 is 0 Å². The maximum absolute atomic E-state index is 12.8. The highest BCUT2D eigenvalue weighted by Crippen LogP contribution is 2.32. The molecule has 1 aromatic carbocycles. The highest BCUT2D eigenvalue weighted by atomic mass is 19.4. The first-order chi connectivity index (χ1) is 9.95. The molecule has 1 fully saturated rings. The summed E-state index contributed by atoms with van der Waals surface area (Å²) in [6.07, 6.45) is -3.32. The summed E-state index contributed by atoms with van der Waals surface area (Å²) in [5, 5.41) is 0. The van der Waals surface area contributed by atoms with E-state index in [1.54, 1.807) is 6.07 Å². The van der Waals surface area contributed by atoms with E-state index in [9.17, 15) is 13.2 Å². The van der Waals surface area contributed by atoms with Gasteiger partial charge in [-0.3, -0.25) is 4.90 Å². The number of rotatable bonds is 4. The molecular formula is C15H21F3N2O.